The SMILES string of the molecule is O=C(/C=C/c1ccc2c(c1)OCO2)NCCc1csc(-c2cccs2)n1. The molecule has 4 rings (SSSR count). The van der Waals surface area contributed by atoms with E-state index in [4.69, 9.17) is 9.47 Å². The summed E-state index contributed by atoms with van der Waals surface area (Å²) in [5.74, 6) is 1.31. The van der Waals surface area contributed by atoms with E-state index in [1.165, 1.54) is 11.0 Å². The Labute approximate surface area is 158 Å². The van der Waals surface area contributed by atoms with Crippen LogP contribution in [0.2, 0.25) is 0 Å². The van der Waals surface area contributed by atoms with Crippen LogP contribution >= 0.6 is 22.7 Å². The molecule has 1 N–H and O–H groups in total. The molecule has 7 heteroatoms. The van der Waals surface area contributed by atoms with Gasteiger partial charge in [-0.15, -0.1) is 22.7 Å². The number of rotatable bonds is 6. The smallest absolute Gasteiger partial charge is 0.244 e. The maximum atomic E-state index is 12.0. The minimum absolute atomic E-state index is 0.128. The van der Waals surface area contributed by atoms with Gasteiger partial charge in [0.05, 0.1) is 10.6 Å². The average molecular weight is 384 g/mol. The van der Waals surface area contributed by atoms with Crippen molar-refractivity contribution < 1.29 is 14.3 Å². The summed E-state index contributed by atoms with van der Waals surface area (Å²) in [5.41, 5.74) is 1.89. The molecular formula is C19H16N2O3S2. The number of thiophene rings is 1. The van der Waals surface area contributed by atoms with Crippen molar-refractivity contribution in [2.24, 2.45) is 0 Å². The molecule has 0 spiro atoms. The van der Waals surface area contributed by atoms with Gasteiger partial charge in [-0.2, -0.15) is 0 Å². The number of hydrogen-bond donors (Lipinski definition) is 1. The van der Waals surface area contributed by atoms with Crippen molar-refractivity contribution in [2.45, 2.75) is 6.42 Å². The molecule has 3 aromatic rings. The lowest BCUT2D eigenvalue weighted by Crippen LogP contribution is -2.23. The number of nitrogens with zero attached hydrogens (tertiary/aromatic N) is 1. The molecule has 5 nitrogen and oxygen atoms in total. The summed E-state index contributed by atoms with van der Waals surface area (Å²) in [6, 6.07) is 9.67. The number of aromatic nitrogens is 1. The Balaban J connectivity index is 1.26. The highest BCUT2D eigenvalue weighted by molar-refractivity contribution is 7.20. The molecule has 1 aliphatic rings. The molecule has 0 unspecified atom stereocenters. The molecule has 2 aromatic heterocycles. The van der Waals surface area contributed by atoms with Gasteiger partial charge in [0.2, 0.25) is 12.7 Å². The predicted octanol–water partition coefficient (Wildman–Crippen LogP) is 3.97. The van der Waals surface area contributed by atoms with Gasteiger partial charge < -0.3 is 14.8 Å². The third-order valence-corrected chi connectivity index (χ3v) is 5.72. The van der Waals surface area contributed by atoms with Crippen molar-refractivity contribution in [2.75, 3.05) is 13.3 Å². The highest BCUT2D eigenvalue weighted by atomic mass is 32.1. The average Bonchev–Trinajstić information content (AvgIpc) is 3.39. The predicted molar refractivity (Wildman–Crippen MR) is 104 cm³/mol. The molecule has 0 atom stereocenters. The second-order valence-electron chi connectivity index (χ2n) is 5.61. The lowest BCUT2D eigenvalue weighted by Gasteiger charge is -2.00. The summed E-state index contributed by atoms with van der Waals surface area (Å²) < 4.78 is 10.6. The van der Waals surface area contributed by atoms with Gasteiger partial charge in [0, 0.05) is 24.4 Å². The Morgan fingerprint density at radius 1 is 1.23 bits per heavy atom. The number of benzene rings is 1. The Kier molecular flexibility index (Phi) is 4.99. The van der Waals surface area contributed by atoms with Crippen molar-refractivity contribution in [1.82, 2.24) is 10.3 Å². The molecule has 0 fully saturated rings. The van der Waals surface area contributed by atoms with Gasteiger partial charge >= 0.3 is 0 Å². The largest absolute Gasteiger partial charge is 0.454 e. The fourth-order valence-corrected chi connectivity index (χ4v) is 4.17. The first-order valence-corrected chi connectivity index (χ1v) is 9.88. The zero-order valence-corrected chi connectivity index (χ0v) is 15.4. The van der Waals surface area contributed by atoms with Gasteiger partial charge in [0.15, 0.2) is 11.5 Å². The second-order valence-corrected chi connectivity index (χ2v) is 7.41. The summed E-state index contributed by atoms with van der Waals surface area (Å²) >= 11 is 3.32. The van der Waals surface area contributed by atoms with E-state index in [0.29, 0.717) is 18.7 Å². The van der Waals surface area contributed by atoms with Crippen LogP contribution in [0, 0.1) is 0 Å². The number of fused-ring (bicyclic) bond motifs is 1. The van der Waals surface area contributed by atoms with Crippen molar-refractivity contribution >= 4 is 34.7 Å². The molecule has 26 heavy (non-hydrogen) atoms. The maximum absolute atomic E-state index is 12.0. The molecule has 0 radical (unpaired) electrons. The van der Waals surface area contributed by atoms with Crippen LogP contribution in [-0.2, 0) is 11.2 Å². The molecule has 132 valence electrons. The topological polar surface area (TPSA) is 60.5 Å². The van der Waals surface area contributed by atoms with E-state index in [1.807, 2.05) is 35.0 Å². The van der Waals surface area contributed by atoms with Gasteiger partial charge in [0.25, 0.3) is 0 Å². The van der Waals surface area contributed by atoms with Crippen molar-refractivity contribution in [3.05, 3.63) is 58.4 Å². The van der Waals surface area contributed by atoms with Gasteiger partial charge in [-0.1, -0.05) is 12.1 Å². The summed E-state index contributed by atoms with van der Waals surface area (Å²) in [6.07, 6.45) is 4.00. The molecule has 0 bridgehead atoms. The first-order chi connectivity index (χ1) is 12.8. The van der Waals surface area contributed by atoms with Crippen LogP contribution in [0.15, 0.2) is 47.2 Å². The Hall–Kier alpha value is -2.64. The molecule has 1 amide bonds. The van der Waals surface area contributed by atoms with Crippen LogP contribution in [0.3, 0.4) is 0 Å². The van der Waals surface area contributed by atoms with Crippen LogP contribution in [0.25, 0.3) is 16.0 Å². The monoisotopic (exact) mass is 384 g/mol. The zero-order chi connectivity index (χ0) is 17.8. The van der Waals surface area contributed by atoms with E-state index < -0.39 is 0 Å². The number of ether oxygens (including phenoxy) is 2. The first-order valence-electron chi connectivity index (χ1n) is 8.12. The van der Waals surface area contributed by atoms with E-state index in [1.54, 1.807) is 28.7 Å². The van der Waals surface area contributed by atoms with Crippen molar-refractivity contribution in [3.63, 3.8) is 0 Å². The number of thiazole rings is 1. The number of carbonyl (C=O) groups is 1. The van der Waals surface area contributed by atoms with E-state index in [2.05, 4.69) is 16.4 Å². The number of hydrogen-bond acceptors (Lipinski definition) is 6. The summed E-state index contributed by atoms with van der Waals surface area (Å²) in [7, 11) is 0. The lowest BCUT2D eigenvalue weighted by atomic mass is 10.2. The molecule has 0 saturated carbocycles. The third kappa shape index (κ3) is 3.95. The summed E-state index contributed by atoms with van der Waals surface area (Å²) in [5, 5.41) is 8.00. The van der Waals surface area contributed by atoms with Crippen LogP contribution < -0.4 is 14.8 Å². The molecule has 1 aromatic carbocycles. The second kappa shape index (κ2) is 7.72. The quantitative estimate of drug-likeness (QED) is 0.653. The highest BCUT2D eigenvalue weighted by Gasteiger charge is 2.12. The van der Waals surface area contributed by atoms with Crippen LogP contribution in [0.4, 0.5) is 0 Å². The maximum Gasteiger partial charge on any atom is 0.244 e. The highest BCUT2D eigenvalue weighted by Crippen LogP contribution is 2.32. The third-order valence-electron chi connectivity index (χ3n) is 3.79. The fourth-order valence-electron chi connectivity index (χ4n) is 2.50. The van der Waals surface area contributed by atoms with Crippen LogP contribution in [0.1, 0.15) is 11.3 Å². The van der Waals surface area contributed by atoms with Crippen LogP contribution in [0.5, 0.6) is 11.5 Å². The standard InChI is InChI=1S/C19H16N2O3S2/c22-18(6-4-13-3-5-15-16(10-13)24-12-23-15)20-8-7-14-11-26-19(21-14)17-2-1-9-25-17/h1-6,9-11H,7-8,12H2,(H,20,22)/b6-4+. The van der Waals surface area contributed by atoms with Gasteiger partial charge in [-0.25, -0.2) is 4.98 Å². The molecular weight excluding hydrogens is 368 g/mol. The van der Waals surface area contributed by atoms with E-state index >= 15 is 0 Å². The normalized spacial score (nSPS) is 12.6. The lowest BCUT2D eigenvalue weighted by molar-refractivity contribution is -0.116. The summed E-state index contributed by atoms with van der Waals surface area (Å²) in [4.78, 5) is 17.8. The number of amides is 1. The molecule has 0 saturated heterocycles. The Morgan fingerprint density at radius 2 is 2.15 bits per heavy atom. The van der Waals surface area contributed by atoms with Gasteiger partial charge in [-0.3, -0.25) is 4.79 Å². The molecule has 3 heterocycles. The van der Waals surface area contributed by atoms with E-state index in [-0.39, 0.29) is 12.7 Å². The minimum atomic E-state index is -0.128. The van der Waals surface area contributed by atoms with E-state index in [0.717, 1.165) is 22.0 Å². The van der Waals surface area contributed by atoms with Gasteiger partial charge in [-0.05, 0) is 35.2 Å². The van der Waals surface area contributed by atoms with E-state index in [9.17, 15) is 4.79 Å². The zero-order valence-electron chi connectivity index (χ0n) is 13.8. The van der Waals surface area contributed by atoms with Crippen molar-refractivity contribution in [1.29, 1.82) is 0 Å². The molecule has 0 aliphatic carbocycles. The Bertz CT molecular complexity index is 932. The first kappa shape index (κ1) is 16.8. The Morgan fingerprint density at radius 3 is 3.04 bits per heavy atom. The molecule has 1 aliphatic heterocycles. The minimum Gasteiger partial charge on any atom is -0.454 e. The van der Waals surface area contributed by atoms with Crippen LogP contribution in [-0.4, -0.2) is 24.2 Å². The van der Waals surface area contributed by atoms with Gasteiger partial charge in [0.1, 0.15) is 5.01 Å². The fraction of sp³-hybridized carbons (Fsp3) is 0.158. The summed E-state index contributed by atoms with van der Waals surface area (Å²) in [6.45, 7) is 0.797. The number of nitrogens with one attached hydrogen (secondary N) is 1. The van der Waals surface area contributed by atoms with Crippen molar-refractivity contribution in [3.8, 4) is 21.4 Å². The number of carbonyl (C=O) groups excluding carboxylic acids is 1.